The number of nitrogens with zero attached hydrogens (tertiary/aromatic N) is 2. The maximum Gasteiger partial charge on any atom is 0.185 e. The van der Waals surface area contributed by atoms with Gasteiger partial charge in [-0.15, -0.1) is 11.3 Å². The molecular weight excluding hydrogens is 270 g/mol. The smallest absolute Gasteiger partial charge is 0.185 e. The van der Waals surface area contributed by atoms with E-state index in [0.29, 0.717) is 18.6 Å². The Hall–Kier alpha value is -0.650. The topological polar surface area (TPSA) is 37.4 Å². The third-order valence-electron chi connectivity index (χ3n) is 3.64. The van der Waals surface area contributed by atoms with E-state index in [2.05, 4.69) is 45.0 Å². The molecule has 0 saturated carbocycles. The molecule has 0 aliphatic heterocycles. The van der Waals surface area contributed by atoms with Crippen LogP contribution in [0.4, 0.5) is 5.13 Å². The van der Waals surface area contributed by atoms with Gasteiger partial charge in [0.25, 0.3) is 0 Å². The number of hydrogen-bond acceptors (Lipinski definition) is 5. The molecule has 0 radical (unpaired) electrons. The van der Waals surface area contributed by atoms with Crippen molar-refractivity contribution in [3.8, 4) is 0 Å². The molecule has 1 aromatic heterocycles. The van der Waals surface area contributed by atoms with Crippen LogP contribution in [-0.2, 0) is 17.9 Å². The van der Waals surface area contributed by atoms with Crippen LogP contribution >= 0.6 is 11.3 Å². The molecule has 0 spiro atoms. The lowest BCUT2D eigenvalue weighted by atomic mass is 10.1. The summed E-state index contributed by atoms with van der Waals surface area (Å²) in [6.45, 7) is 11.4. The van der Waals surface area contributed by atoms with Crippen LogP contribution in [0.2, 0.25) is 0 Å². The van der Waals surface area contributed by atoms with E-state index in [1.807, 2.05) is 0 Å². The van der Waals surface area contributed by atoms with Gasteiger partial charge in [-0.25, -0.2) is 4.98 Å². The maximum absolute atomic E-state index is 5.27. The van der Waals surface area contributed by atoms with Crippen LogP contribution in [0.5, 0.6) is 0 Å². The molecule has 5 heteroatoms. The second-order valence-corrected chi connectivity index (χ2v) is 6.63. The van der Waals surface area contributed by atoms with Crippen LogP contribution in [0.25, 0.3) is 0 Å². The number of ether oxygens (including phenoxy) is 1. The first kappa shape index (κ1) is 17.4. The molecule has 0 amide bonds. The Morgan fingerprint density at radius 3 is 2.60 bits per heavy atom. The van der Waals surface area contributed by atoms with Crippen LogP contribution in [0.3, 0.4) is 0 Å². The first-order valence-electron chi connectivity index (χ1n) is 7.42. The molecule has 0 aromatic carbocycles. The van der Waals surface area contributed by atoms with Gasteiger partial charge in [0, 0.05) is 31.6 Å². The highest BCUT2D eigenvalue weighted by molar-refractivity contribution is 7.15. The molecule has 1 aromatic rings. The highest BCUT2D eigenvalue weighted by Gasteiger charge is 2.19. The molecule has 1 heterocycles. The number of thiazole rings is 1. The maximum atomic E-state index is 5.27. The standard InChI is InChI=1S/C15H29N3OS/c1-7-8-16-9-14-13(10-19-6)17-15(20-14)18(5)12(4)11(2)3/h11-12,16H,7-10H2,1-6H3. The highest BCUT2D eigenvalue weighted by Crippen LogP contribution is 2.28. The van der Waals surface area contributed by atoms with Crippen LogP contribution in [0, 0.1) is 5.92 Å². The minimum Gasteiger partial charge on any atom is -0.378 e. The number of hydrogen-bond donors (Lipinski definition) is 1. The average Bonchev–Trinajstić information content (AvgIpc) is 2.81. The van der Waals surface area contributed by atoms with E-state index < -0.39 is 0 Å². The lowest BCUT2D eigenvalue weighted by molar-refractivity contribution is 0.181. The van der Waals surface area contributed by atoms with Crippen molar-refractivity contribution >= 4 is 16.5 Å². The molecule has 0 saturated heterocycles. The number of nitrogens with one attached hydrogen (secondary N) is 1. The zero-order chi connectivity index (χ0) is 15.1. The minimum absolute atomic E-state index is 0.480. The Morgan fingerprint density at radius 2 is 2.05 bits per heavy atom. The van der Waals surface area contributed by atoms with Crippen molar-refractivity contribution in [2.75, 3.05) is 25.6 Å². The average molecular weight is 299 g/mol. The molecule has 0 fully saturated rings. The van der Waals surface area contributed by atoms with Gasteiger partial charge in [-0.05, 0) is 25.8 Å². The molecule has 20 heavy (non-hydrogen) atoms. The monoisotopic (exact) mass is 299 g/mol. The second kappa shape index (κ2) is 8.60. The predicted octanol–water partition coefficient (Wildman–Crippen LogP) is 3.27. The van der Waals surface area contributed by atoms with Crippen molar-refractivity contribution in [3.63, 3.8) is 0 Å². The lowest BCUT2D eigenvalue weighted by Gasteiger charge is -2.27. The predicted molar refractivity (Wildman–Crippen MR) is 87.5 cm³/mol. The molecule has 1 N–H and O–H groups in total. The summed E-state index contributed by atoms with van der Waals surface area (Å²) in [4.78, 5) is 8.33. The molecule has 4 nitrogen and oxygen atoms in total. The van der Waals surface area contributed by atoms with E-state index in [-0.39, 0.29) is 0 Å². The Labute approximate surface area is 127 Å². The quantitative estimate of drug-likeness (QED) is 0.710. The molecule has 1 atom stereocenters. The number of rotatable bonds is 9. The summed E-state index contributed by atoms with van der Waals surface area (Å²) in [6.07, 6.45) is 1.15. The number of anilines is 1. The van der Waals surface area contributed by atoms with Crippen molar-refractivity contribution in [1.82, 2.24) is 10.3 Å². The molecule has 0 bridgehead atoms. The van der Waals surface area contributed by atoms with Gasteiger partial charge in [0.1, 0.15) is 0 Å². The zero-order valence-corrected chi connectivity index (χ0v) is 14.5. The highest BCUT2D eigenvalue weighted by atomic mass is 32.1. The summed E-state index contributed by atoms with van der Waals surface area (Å²) in [5.41, 5.74) is 1.07. The molecule has 0 aliphatic carbocycles. The van der Waals surface area contributed by atoms with Crippen LogP contribution in [0.15, 0.2) is 0 Å². The SMILES string of the molecule is CCCNCc1sc(N(C)C(C)C(C)C)nc1COC. The van der Waals surface area contributed by atoms with E-state index in [1.165, 1.54) is 4.88 Å². The van der Waals surface area contributed by atoms with Crippen molar-refractivity contribution in [2.45, 2.75) is 53.3 Å². The van der Waals surface area contributed by atoms with Crippen molar-refractivity contribution in [1.29, 1.82) is 0 Å². The summed E-state index contributed by atoms with van der Waals surface area (Å²) in [7, 11) is 3.85. The van der Waals surface area contributed by atoms with E-state index in [4.69, 9.17) is 9.72 Å². The summed E-state index contributed by atoms with van der Waals surface area (Å²) < 4.78 is 5.27. The van der Waals surface area contributed by atoms with Crippen molar-refractivity contribution in [2.24, 2.45) is 5.92 Å². The largest absolute Gasteiger partial charge is 0.378 e. The zero-order valence-electron chi connectivity index (χ0n) is 13.7. The lowest BCUT2D eigenvalue weighted by Crippen LogP contribution is -2.33. The number of methoxy groups -OCH3 is 1. The third-order valence-corrected chi connectivity index (χ3v) is 4.83. The van der Waals surface area contributed by atoms with Gasteiger partial charge in [-0.2, -0.15) is 0 Å². The van der Waals surface area contributed by atoms with Crippen LogP contribution in [0.1, 0.15) is 44.7 Å². The van der Waals surface area contributed by atoms with Gasteiger partial charge in [-0.3, -0.25) is 0 Å². The summed E-state index contributed by atoms with van der Waals surface area (Å²) in [5.74, 6) is 0.608. The Morgan fingerprint density at radius 1 is 1.35 bits per heavy atom. The third kappa shape index (κ3) is 4.72. The van der Waals surface area contributed by atoms with E-state index >= 15 is 0 Å². The van der Waals surface area contributed by atoms with Gasteiger partial charge in [0.2, 0.25) is 0 Å². The Bertz CT molecular complexity index is 392. The van der Waals surface area contributed by atoms with Crippen molar-refractivity contribution < 1.29 is 4.74 Å². The summed E-state index contributed by atoms with van der Waals surface area (Å²) in [6, 6.07) is 0.480. The van der Waals surface area contributed by atoms with E-state index in [1.54, 1.807) is 18.4 Å². The first-order chi connectivity index (χ1) is 9.51. The molecule has 1 unspecified atom stereocenters. The van der Waals surface area contributed by atoms with Gasteiger partial charge in [-0.1, -0.05) is 20.8 Å². The van der Waals surface area contributed by atoms with Gasteiger partial charge < -0.3 is 15.0 Å². The first-order valence-corrected chi connectivity index (χ1v) is 8.23. The molecule has 1 rings (SSSR count). The van der Waals surface area contributed by atoms with E-state index in [0.717, 1.165) is 30.3 Å². The summed E-state index contributed by atoms with van der Waals surface area (Å²) >= 11 is 1.78. The Kier molecular flexibility index (Phi) is 7.48. The fourth-order valence-electron chi connectivity index (χ4n) is 1.91. The fraction of sp³-hybridized carbons (Fsp3) is 0.800. The van der Waals surface area contributed by atoms with Gasteiger partial charge in [0.15, 0.2) is 5.13 Å². The summed E-state index contributed by atoms with van der Waals surface area (Å²) in [5, 5.41) is 4.54. The minimum atomic E-state index is 0.480. The van der Waals surface area contributed by atoms with Crippen LogP contribution < -0.4 is 10.2 Å². The molecule has 0 aliphatic rings. The Balaban J connectivity index is 2.84. The van der Waals surface area contributed by atoms with Gasteiger partial charge in [0.05, 0.1) is 12.3 Å². The van der Waals surface area contributed by atoms with E-state index in [9.17, 15) is 0 Å². The van der Waals surface area contributed by atoms with Crippen LogP contribution in [-0.4, -0.2) is 31.7 Å². The molecule has 116 valence electrons. The fourth-order valence-corrected chi connectivity index (χ4v) is 2.99. The second-order valence-electron chi connectivity index (χ2n) is 5.57. The van der Waals surface area contributed by atoms with Crippen molar-refractivity contribution in [3.05, 3.63) is 10.6 Å². The van der Waals surface area contributed by atoms with Gasteiger partial charge >= 0.3 is 0 Å². The molecular formula is C15H29N3OS. The normalized spacial score (nSPS) is 12.9. The number of aromatic nitrogens is 1.